The quantitative estimate of drug-likeness (QED) is 0.737. The van der Waals surface area contributed by atoms with E-state index in [4.69, 9.17) is 0 Å². The van der Waals surface area contributed by atoms with E-state index in [-0.39, 0.29) is 17.3 Å². The van der Waals surface area contributed by atoms with Crippen LogP contribution in [0.15, 0.2) is 59.5 Å². The number of pyridine rings is 2. The molecule has 3 heterocycles. The topological polar surface area (TPSA) is 66.1 Å². The van der Waals surface area contributed by atoms with Gasteiger partial charge in [-0.1, -0.05) is 24.3 Å². The van der Waals surface area contributed by atoms with Crippen LogP contribution in [-0.2, 0) is 6.54 Å². The molecule has 2 aromatic heterocycles. The van der Waals surface area contributed by atoms with Crippen LogP contribution in [0.3, 0.4) is 0 Å². The number of rotatable bonds is 4. The molecule has 0 amide bonds. The third-order valence-corrected chi connectivity index (χ3v) is 5.02. The first-order chi connectivity index (χ1) is 12.7. The summed E-state index contributed by atoms with van der Waals surface area (Å²) < 4.78 is 0. The minimum atomic E-state index is -0.0572. The average Bonchev–Trinajstić information content (AvgIpc) is 2.69. The van der Waals surface area contributed by atoms with Crippen LogP contribution < -0.4 is 5.56 Å². The normalized spacial score (nSPS) is 18.1. The van der Waals surface area contributed by atoms with Gasteiger partial charge in [0.1, 0.15) is 5.69 Å². The fourth-order valence-electron chi connectivity index (χ4n) is 3.68. The summed E-state index contributed by atoms with van der Waals surface area (Å²) in [5, 5.41) is 1.03. The molecular formula is C21H21N3O2. The number of nitrogens with zero attached hydrogens (tertiary/aromatic N) is 2. The van der Waals surface area contributed by atoms with Gasteiger partial charge in [0.15, 0.2) is 5.78 Å². The molecule has 5 nitrogen and oxygen atoms in total. The standard InChI is InChI=1S/C21H21N3O2/c25-20(19-9-3-4-10-22-19)16-7-5-11-24(13-16)14-17-12-15-6-1-2-8-18(15)23-21(17)26/h1-4,6,8-10,12,16H,5,7,11,13-14H2,(H,23,26)/t16-/m0/s1. The molecule has 0 spiro atoms. The number of nitrogens with one attached hydrogen (secondary N) is 1. The van der Waals surface area contributed by atoms with Crippen molar-refractivity contribution in [3.63, 3.8) is 0 Å². The number of para-hydroxylation sites is 1. The number of hydrogen-bond acceptors (Lipinski definition) is 4. The van der Waals surface area contributed by atoms with Gasteiger partial charge in [-0.3, -0.25) is 19.5 Å². The molecular weight excluding hydrogens is 326 g/mol. The minimum absolute atomic E-state index is 0.0538. The minimum Gasteiger partial charge on any atom is -0.322 e. The average molecular weight is 347 g/mol. The number of fused-ring (bicyclic) bond motifs is 1. The van der Waals surface area contributed by atoms with Crippen LogP contribution in [0.25, 0.3) is 10.9 Å². The highest BCUT2D eigenvalue weighted by molar-refractivity contribution is 5.96. The van der Waals surface area contributed by atoms with Gasteiger partial charge in [0.05, 0.1) is 0 Å². The van der Waals surface area contributed by atoms with E-state index in [9.17, 15) is 9.59 Å². The summed E-state index contributed by atoms with van der Waals surface area (Å²) in [4.78, 5) is 34.4. The van der Waals surface area contributed by atoms with Crippen molar-refractivity contribution in [2.75, 3.05) is 13.1 Å². The molecule has 3 aromatic rings. The second-order valence-electron chi connectivity index (χ2n) is 6.86. The first kappa shape index (κ1) is 16.7. The number of carbonyl (C=O) groups is 1. The van der Waals surface area contributed by atoms with Gasteiger partial charge >= 0.3 is 0 Å². The van der Waals surface area contributed by atoms with Crippen molar-refractivity contribution in [2.45, 2.75) is 19.4 Å². The van der Waals surface area contributed by atoms with Crippen molar-refractivity contribution >= 4 is 16.7 Å². The maximum absolute atomic E-state index is 12.7. The van der Waals surface area contributed by atoms with E-state index >= 15 is 0 Å². The molecule has 0 radical (unpaired) electrons. The number of aromatic amines is 1. The molecule has 132 valence electrons. The summed E-state index contributed by atoms with van der Waals surface area (Å²) in [6.45, 7) is 2.13. The molecule has 0 unspecified atom stereocenters. The summed E-state index contributed by atoms with van der Waals surface area (Å²) in [5.41, 5.74) is 2.07. The van der Waals surface area contributed by atoms with Gasteiger partial charge < -0.3 is 4.98 Å². The molecule has 26 heavy (non-hydrogen) atoms. The van der Waals surface area contributed by atoms with Gasteiger partial charge in [0.2, 0.25) is 0 Å². The lowest BCUT2D eigenvalue weighted by molar-refractivity contribution is 0.0806. The number of carbonyl (C=O) groups excluding carboxylic acids is 1. The fourth-order valence-corrected chi connectivity index (χ4v) is 3.68. The number of benzene rings is 1. The van der Waals surface area contributed by atoms with Crippen molar-refractivity contribution in [1.82, 2.24) is 14.9 Å². The number of piperidine rings is 1. The lowest BCUT2D eigenvalue weighted by atomic mass is 9.91. The maximum atomic E-state index is 12.7. The Balaban J connectivity index is 1.51. The van der Waals surface area contributed by atoms with Gasteiger partial charge in [-0.15, -0.1) is 0 Å². The Morgan fingerprint density at radius 1 is 1.19 bits per heavy atom. The maximum Gasteiger partial charge on any atom is 0.252 e. The number of likely N-dealkylation sites (tertiary alicyclic amines) is 1. The van der Waals surface area contributed by atoms with Crippen LogP contribution in [0.4, 0.5) is 0 Å². The predicted octanol–water partition coefficient (Wildman–Crippen LogP) is 3.02. The molecule has 1 fully saturated rings. The Bertz CT molecular complexity index is 981. The second-order valence-corrected chi connectivity index (χ2v) is 6.86. The smallest absolute Gasteiger partial charge is 0.252 e. The Morgan fingerprint density at radius 3 is 2.88 bits per heavy atom. The first-order valence-corrected chi connectivity index (χ1v) is 8.99. The number of H-pyrrole nitrogens is 1. The third-order valence-electron chi connectivity index (χ3n) is 5.02. The van der Waals surface area contributed by atoms with Gasteiger partial charge in [-0.05, 0) is 49.0 Å². The number of hydrogen-bond donors (Lipinski definition) is 1. The molecule has 0 bridgehead atoms. The zero-order valence-electron chi connectivity index (χ0n) is 14.5. The molecule has 1 saturated heterocycles. The Hall–Kier alpha value is -2.79. The van der Waals surface area contributed by atoms with Crippen molar-refractivity contribution in [2.24, 2.45) is 5.92 Å². The summed E-state index contributed by atoms with van der Waals surface area (Å²) in [6, 6.07) is 15.2. The van der Waals surface area contributed by atoms with Crippen LogP contribution in [0.5, 0.6) is 0 Å². The molecule has 4 rings (SSSR count). The van der Waals surface area contributed by atoms with Crippen molar-refractivity contribution in [3.05, 3.63) is 76.3 Å². The zero-order valence-corrected chi connectivity index (χ0v) is 14.5. The molecule has 1 atom stereocenters. The first-order valence-electron chi connectivity index (χ1n) is 8.99. The zero-order chi connectivity index (χ0) is 17.9. The highest BCUT2D eigenvalue weighted by atomic mass is 16.1. The highest BCUT2D eigenvalue weighted by Crippen LogP contribution is 2.22. The van der Waals surface area contributed by atoms with Crippen LogP contribution in [0, 0.1) is 5.92 Å². The lowest BCUT2D eigenvalue weighted by Crippen LogP contribution is -2.39. The van der Waals surface area contributed by atoms with E-state index in [1.807, 2.05) is 42.5 Å². The summed E-state index contributed by atoms with van der Waals surface area (Å²) >= 11 is 0. The highest BCUT2D eigenvalue weighted by Gasteiger charge is 2.27. The van der Waals surface area contributed by atoms with Gasteiger partial charge in [0.25, 0.3) is 5.56 Å². The van der Waals surface area contributed by atoms with E-state index in [2.05, 4.69) is 14.9 Å². The summed E-state index contributed by atoms with van der Waals surface area (Å²) in [5.74, 6) is 0.0425. The van der Waals surface area contributed by atoms with Crippen LogP contribution in [0.2, 0.25) is 0 Å². The monoisotopic (exact) mass is 347 g/mol. The molecule has 1 aromatic carbocycles. The summed E-state index contributed by atoms with van der Waals surface area (Å²) in [6.07, 6.45) is 3.48. The molecule has 1 aliphatic rings. The predicted molar refractivity (Wildman–Crippen MR) is 101 cm³/mol. The Kier molecular flexibility index (Phi) is 4.63. The lowest BCUT2D eigenvalue weighted by Gasteiger charge is -2.31. The third kappa shape index (κ3) is 3.44. The number of ketones is 1. The van der Waals surface area contributed by atoms with Gasteiger partial charge in [-0.2, -0.15) is 0 Å². The van der Waals surface area contributed by atoms with E-state index < -0.39 is 0 Å². The van der Waals surface area contributed by atoms with Crippen LogP contribution in [-0.4, -0.2) is 33.7 Å². The molecule has 0 aliphatic carbocycles. The van der Waals surface area contributed by atoms with Crippen molar-refractivity contribution in [1.29, 1.82) is 0 Å². The van der Waals surface area contributed by atoms with Crippen LogP contribution >= 0.6 is 0 Å². The van der Waals surface area contributed by atoms with Gasteiger partial charge in [0, 0.05) is 36.3 Å². The van der Waals surface area contributed by atoms with E-state index in [0.717, 1.165) is 35.9 Å². The van der Waals surface area contributed by atoms with E-state index in [1.165, 1.54) is 0 Å². The molecule has 0 saturated carbocycles. The van der Waals surface area contributed by atoms with Crippen molar-refractivity contribution in [3.8, 4) is 0 Å². The molecule has 1 aliphatic heterocycles. The number of Topliss-reactive ketones (excluding diaryl/α,β-unsaturated/α-hetero) is 1. The number of aromatic nitrogens is 2. The summed E-state index contributed by atoms with van der Waals surface area (Å²) in [7, 11) is 0. The fraction of sp³-hybridized carbons (Fsp3) is 0.286. The largest absolute Gasteiger partial charge is 0.322 e. The Labute approximate surface area is 151 Å². The SMILES string of the molecule is O=C(c1ccccn1)[C@H]1CCCN(Cc2cc3ccccc3[nH]c2=O)C1. The van der Waals surface area contributed by atoms with Crippen molar-refractivity contribution < 1.29 is 4.79 Å². The van der Waals surface area contributed by atoms with Gasteiger partial charge in [-0.25, -0.2) is 0 Å². The Morgan fingerprint density at radius 2 is 2.04 bits per heavy atom. The molecule has 1 N–H and O–H groups in total. The van der Waals surface area contributed by atoms with E-state index in [1.54, 1.807) is 12.3 Å². The molecule has 5 heteroatoms. The second kappa shape index (κ2) is 7.22. The van der Waals surface area contributed by atoms with E-state index in [0.29, 0.717) is 18.8 Å². The van der Waals surface area contributed by atoms with Crippen LogP contribution in [0.1, 0.15) is 28.9 Å².